The molecule has 0 fully saturated rings. The van der Waals surface area contributed by atoms with Crippen molar-refractivity contribution in [2.24, 2.45) is 0 Å². The molecule has 38 heavy (non-hydrogen) atoms. The van der Waals surface area contributed by atoms with E-state index >= 15 is 0 Å². The van der Waals surface area contributed by atoms with E-state index in [0.29, 0.717) is 28.3 Å². The third-order valence-electron chi connectivity index (χ3n) is 6.29. The lowest BCUT2D eigenvalue weighted by Gasteiger charge is -2.18. The summed E-state index contributed by atoms with van der Waals surface area (Å²) in [5, 5.41) is 3.48. The second-order valence-electron chi connectivity index (χ2n) is 9.43. The summed E-state index contributed by atoms with van der Waals surface area (Å²) in [6, 6.07) is 13.4. The van der Waals surface area contributed by atoms with E-state index in [1.54, 1.807) is 42.5 Å². The molecule has 7 nitrogen and oxygen atoms in total. The molecule has 2 aromatic heterocycles. The molecule has 2 heterocycles. The average Bonchev–Trinajstić information content (AvgIpc) is 2.89. The quantitative estimate of drug-likeness (QED) is 0.315. The van der Waals surface area contributed by atoms with E-state index in [-0.39, 0.29) is 35.4 Å². The van der Waals surface area contributed by atoms with E-state index in [0.717, 1.165) is 18.7 Å². The van der Waals surface area contributed by atoms with Crippen molar-refractivity contribution in [3.05, 3.63) is 81.5 Å². The summed E-state index contributed by atoms with van der Waals surface area (Å²) in [5.74, 6) is -0.461. The maximum Gasteiger partial charge on any atom is 0.263 e. The first-order valence-electron chi connectivity index (χ1n) is 12.7. The molecule has 0 aliphatic heterocycles. The van der Waals surface area contributed by atoms with E-state index in [2.05, 4.69) is 34.0 Å². The second-order valence-corrected chi connectivity index (χ2v) is 9.87. The summed E-state index contributed by atoms with van der Waals surface area (Å²) < 4.78 is 16.3. The Morgan fingerprint density at radius 2 is 1.87 bits per heavy atom. The van der Waals surface area contributed by atoms with Crippen LogP contribution < -0.4 is 10.9 Å². The maximum absolute atomic E-state index is 14.9. The van der Waals surface area contributed by atoms with Gasteiger partial charge in [-0.3, -0.25) is 19.1 Å². The standard InChI is InChI=1S/C29H31ClFN5O2/c1-5-35(6-2)16-19-10-11-25(31)23(12-19)21-14-24-27(32-15-21)34-28(20-8-7-9-22(30)13-20)36(29(24)38)17-26(37)33-18(3)4/h7-15,18H,5-6,16-17H2,1-4H3,(H,33,37). The van der Waals surface area contributed by atoms with Gasteiger partial charge in [0.15, 0.2) is 5.65 Å². The first kappa shape index (κ1) is 27.4. The fourth-order valence-electron chi connectivity index (χ4n) is 4.36. The van der Waals surface area contributed by atoms with Crippen molar-refractivity contribution in [2.75, 3.05) is 13.1 Å². The molecule has 1 amide bonds. The molecule has 9 heteroatoms. The highest BCUT2D eigenvalue weighted by molar-refractivity contribution is 6.30. The first-order valence-corrected chi connectivity index (χ1v) is 13.0. The number of nitrogens with zero attached hydrogens (tertiary/aromatic N) is 4. The molecule has 0 aliphatic rings. The van der Waals surface area contributed by atoms with Gasteiger partial charge in [-0.15, -0.1) is 0 Å². The molecule has 4 aromatic rings. The predicted molar refractivity (Wildman–Crippen MR) is 150 cm³/mol. The van der Waals surface area contributed by atoms with Crippen molar-refractivity contribution >= 4 is 28.5 Å². The molecule has 0 saturated carbocycles. The Kier molecular flexibility index (Phi) is 8.54. The van der Waals surface area contributed by atoms with E-state index in [9.17, 15) is 14.0 Å². The zero-order valence-corrected chi connectivity index (χ0v) is 22.7. The van der Waals surface area contributed by atoms with Crippen LogP contribution in [0.5, 0.6) is 0 Å². The smallest absolute Gasteiger partial charge is 0.263 e. The van der Waals surface area contributed by atoms with Gasteiger partial charge in [-0.05, 0) is 62.8 Å². The monoisotopic (exact) mass is 535 g/mol. The summed E-state index contributed by atoms with van der Waals surface area (Å²) in [6.45, 7) is 10.1. The fraction of sp³-hybridized carbons (Fsp3) is 0.310. The number of hydrogen-bond donors (Lipinski definition) is 1. The average molecular weight is 536 g/mol. The molecule has 2 aromatic carbocycles. The van der Waals surface area contributed by atoms with Gasteiger partial charge >= 0.3 is 0 Å². The van der Waals surface area contributed by atoms with Crippen LogP contribution in [0, 0.1) is 5.82 Å². The minimum absolute atomic E-state index is 0.0962. The lowest BCUT2D eigenvalue weighted by Crippen LogP contribution is -2.37. The predicted octanol–water partition coefficient (Wildman–Crippen LogP) is 5.28. The zero-order chi connectivity index (χ0) is 27.4. The number of aromatic nitrogens is 3. The highest BCUT2D eigenvalue weighted by Crippen LogP contribution is 2.27. The van der Waals surface area contributed by atoms with E-state index in [1.165, 1.54) is 16.8 Å². The largest absolute Gasteiger partial charge is 0.352 e. The van der Waals surface area contributed by atoms with Crippen molar-refractivity contribution in [1.29, 1.82) is 0 Å². The van der Waals surface area contributed by atoms with Crippen molar-refractivity contribution < 1.29 is 9.18 Å². The molecule has 0 spiro atoms. The van der Waals surface area contributed by atoms with Crippen LogP contribution in [0.15, 0.2) is 59.5 Å². The Hall–Kier alpha value is -3.62. The Balaban J connectivity index is 1.86. The number of hydrogen-bond acceptors (Lipinski definition) is 5. The normalized spacial score (nSPS) is 11.5. The Morgan fingerprint density at radius 3 is 2.55 bits per heavy atom. The summed E-state index contributed by atoms with van der Waals surface area (Å²) in [5.41, 5.74) is 2.11. The molecule has 0 aliphatic carbocycles. The van der Waals surface area contributed by atoms with Crippen LogP contribution in [0.4, 0.5) is 4.39 Å². The number of amides is 1. The number of fused-ring (bicyclic) bond motifs is 1. The summed E-state index contributed by atoms with van der Waals surface area (Å²) in [6.07, 6.45) is 1.52. The number of carbonyl (C=O) groups excluding carboxylic acids is 1. The third-order valence-corrected chi connectivity index (χ3v) is 6.52. The van der Waals surface area contributed by atoms with Crippen LogP contribution in [0.3, 0.4) is 0 Å². The minimum Gasteiger partial charge on any atom is -0.352 e. The molecule has 0 atom stereocenters. The highest BCUT2D eigenvalue weighted by atomic mass is 35.5. The van der Waals surface area contributed by atoms with Gasteiger partial charge in [0.05, 0.1) is 5.39 Å². The van der Waals surface area contributed by atoms with E-state index in [1.807, 2.05) is 13.8 Å². The van der Waals surface area contributed by atoms with Crippen LogP contribution >= 0.6 is 11.6 Å². The Labute approximate surface area is 226 Å². The number of halogens is 2. The number of carbonyl (C=O) groups is 1. The molecular weight excluding hydrogens is 505 g/mol. The van der Waals surface area contributed by atoms with Crippen molar-refractivity contribution in [3.8, 4) is 22.5 Å². The molecule has 0 saturated heterocycles. The van der Waals surface area contributed by atoms with Gasteiger partial charge in [0.2, 0.25) is 5.91 Å². The highest BCUT2D eigenvalue weighted by Gasteiger charge is 2.18. The molecule has 0 unspecified atom stereocenters. The summed E-state index contributed by atoms with van der Waals surface area (Å²) in [7, 11) is 0. The molecule has 0 bridgehead atoms. The number of nitrogens with one attached hydrogen (secondary N) is 1. The minimum atomic E-state index is -0.446. The topological polar surface area (TPSA) is 80.1 Å². The van der Waals surface area contributed by atoms with Crippen LogP contribution in [0.25, 0.3) is 33.5 Å². The first-order chi connectivity index (χ1) is 18.2. The molecule has 198 valence electrons. The van der Waals surface area contributed by atoms with Crippen LogP contribution in [-0.2, 0) is 17.9 Å². The molecule has 1 N–H and O–H groups in total. The van der Waals surface area contributed by atoms with Crippen molar-refractivity contribution in [1.82, 2.24) is 24.8 Å². The summed E-state index contributed by atoms with van der Waals surface area (Å²) in [4.78, 5) is 37.7. The third kappa shape index (κ3) is 6.09. The van der Waals surface area contributed by atoms with Crippen LogP contribution in [0.2, 0.25) is 5.02 Å². The molecular formula is C29H31ClFN5O2. The van der Waals surface area contributed by atoms with Crippen molar-refractivity contribution in [2.45, 2.75) is 46.8 Å². The van der Waals surface area contributed by atoms with Gasteiger partial charge in [-0.1, -0.05) is 43.6 Å². The second kappa shape index (κ2) is 11.8. The van der Waals surface area contributed by atoms with Gasteiger partial charge in [-0.25, -0.2) is 14.4 Å². The van der Waals surface area contributed by atoms with E-state index < -0.39 is 11.4 Å². The molecule has 4 rings (SSSR count). The Morgan fingerprint density at radius 1 is 1.11 bits per heavy atom. The van der Waals surface area contributed by atoms with Gasteiger partial charge in [0.1, 0.15) is 18.2 Å². The van der Waals surface area contributed by atoms with Gasteiger partial charge in [0.25, 0.3) is 5.56 Å². The number of rotatable bonds is 9. The SMILES string of the molecule is CCN(CC)Cc1ccc(F)c(-c2cnc3nc(-c4cccc(Cl)c4)n(CC(=O)NC(C)C)c(=O)c3c2)c1. The Bertz CT molecular complexity index is 1530. The van der Waals surface area contributed by atoms with E-state index in [4.69, 9.17) is 11.6 Å². The lowest BCUT2D eigenvalue weighted by molar-refractivity contribution is -0.122. The molecule has 0 radical (unpaired) electrons. The number of pyridine rings is 1. The van der Waals surface area contributed by atoms with Gasteiger partial charge in [-0.2, -0.15) is 0 Å². The zero-order valence-electron chi connectivity index (χ0n) is 22.0. The van der Waals surface area contributed by atoms with Crippen LogP contribution in [-0.4, -0.2) is 44.5 Å². The fourth-order valence-corrected chi connectivity index (χ4v) is 4.55. The maximum atomic E-state index is 14.9. The summed E-state index contributed by atoms with van der Waals surface area (Å²) >= 11 is 6.20. The lowest BCUT2D eigenvalue weighted by atomic mass is 10.0. The van der Waals surface area contributed by atoms with Gasteiger partial charge in [0, 0.05) is 40.5 Å². The van der Waals surface area contributed by atoms with Gasteiger partial charge < -0.3 is 5.32 Å². The number of benzene rings is 2. The van der Waals surface area contributed by atoms with Crippen LogP contribution in [0.1, 0.15) is 33.3 Å². The van der Waals surface area contributed by atoms with Crippen molar-refractivity contribution in [3.63, 3.8) is 0 Å².